The van der Waals surface area contributed by atoms with Crippen molar-refractivity contribution in [3.63, 3.8) is 0 Å². The quantitative estimate of drug-likeness (QED) is 0.901. The van der Waals surface area contributed by atoms with Gasteiger partial charge in [0, 0.05) is 11.1 Å². The molecule has 0 saturated carbocycles. The topological polar surface area (TPSA) is 48.7 Å². The van der Waals surface area contributed by atoms with Crippen LogP contribution in [0.25, 0.3) is 0 Å². The van der Waals surface area contributed by atoms with Gasteiger partial charge >= 0.3 is 0 Å². The molecule has 0 aliphatic carbocycles. The van der Waals surface area contributed by atoms with Gasteiger partial charge in [-0.15, -0.1) is 11.3 Å². The van der Waals surface area contributed by atoms with Crippen LogP contribution in [0.5, 0.6) is 0 Å². The second-order valence-corrected chi connectivity index (χ2v) is 6.13. The molecule has 0 fully saturated rings. The molecular weight excluding hydrogens is 329 g/mol. The molecule has 1 heterocycles. The Morgan fingerprint density at radius 1 is 1.53 bits per heavy atom. The molecule has 6 heteroatoms. The first kappa shape index (κ1) is 14.0. The van der Waals surface area contributed by atoms with Crippen LogP contribution in [-0.4, -0.2) is 4.98 Å². The first-order chi connectivity index (χ1) is 9.02. The Balaban J connectivity index is 2.25. The van der Waals surface area contributed by atoms with Gasteiger partial charge in [-0.2, -0.15) is 5.26 Å². The summed E-state index contributed by atoms with van der Waals surface area (Å²) < 4.78 is 14.2. The van der Waals surface area contributed by atoms with Crippen molar-refractivity contribution in [2.24, 2.45) is 0 Å². The lowest BCUT2D eigenvalue weighted by atomic mass is 10.2. The van der Waals surface area contributed by atoms with E-state index in [2.05, 4.69) is 26.2 Å². The van der Waals surface area contributed by atoms with Crippen molar-refractivity contribution in [1.82, 2.24) is 4.98 Å². The molecule has 0 amide bonds. The van der Waals surface area contributed by atoms with Gasteiger partial charge in [0.1, 0.15) is 11.1 Å². The van der Waals surface area contributed by atoms with Gasteiger partial charge in [0.2, 0.25) is 0 Å². The fraction of sp³-hybridized carbons (Fsp3) is 0.231. The maximum absolute atomic E-state index is 14.1. The molecule has 1 aromatic carbocycles. The van der Waals surface area contributed by atoms with Gasteiger partial charge in [-0.25, -0.2) is 9.37 Å². The Bertz CT molecular complexity index is 648. The van der Waals surface area contributed by atoms with E-state index in [1.165, 1.54) is 0 Å². The molecule has 3 nitrogen and oxygen atoms in total. The minimum Gasteiger partial charge on any atom is -0.374 e. The average Bonchev–Trinajstić information content (AvgIpc) is 2.82. The number of nitriles is 1. The summed E-state index contributed by atoms with van der Waals surface area (Å²) in [4.78, 5) is 5.38. The molecule has 1 N–H and O–H groups in total. The lowest BCUT2D eigenvalue weighted by molar-refractivity contribution is 0.620. The molecule has 0 spiro atoms. The summed E-state index contributed by atoms with van der Waals surface area (Å²) in [6, 6.07) is 4.98. The highest BCUT2D eigenvalue weighted by atomic mass is 79.9. The Labute approximate surface area is 123 Å². The zero-order chi connectivity index (χ0) is 14.0. The number of hydrogen-bond donors (Lipinski definition) is 1. The summed E-state index contributed by atoms with van der Waals surface area (Å²) in [6.45, 7) is 3.90. The molecule has 2 rings (SSSR count). The number of aromatic nitrogens is 1. The van der Waals surface area contributed by atoms with E-state index >= 15 is 0 Å². The van der Waals surface area contributed by atoms with Crippen molar-refractivity contribution in [2.75, 3.05) is 5.32 Å². The summed E-state index contributed by atoms with van der Waals surface area (Å²) in [7, 11) is 0. The smallest absolute Gasteiger partial charge is 0.161 e. The molecule has 1 unspecified atom stereocenters. The number of hydrogen-bond acceptors (Lipinski definition) is 4. The van der Waals surface area contributed by atoms with E-state index in [0.717, 1.165) is 9.88 Å². The maximum Gasteiger partial charge on any atom is 0.161 e. The number of thiazole rings is 1. The number of anilines is 1. The van der Waals surface area contributed by atoms with Crippen LogP contribution in [0.3, 0.4) is 0 Å². The Hall–Kier alpha value is -1.45. The molecule has 0 radical (unpaired) electrons. The lowest BCUT2D eigenvalue weighted by Gasteiger charge is -2.14. The maximum atomic E-state index is 14.1. The van der Waals surface area contributed by atoms with E-state index in [0.29, 0.717) is 5.69 Å². The number of halogens is 2. The van der Waals surface area contributed by atoms with Crippen molar-refractivity contribution in [2.45, 2.75) is 19.9 Å². The first-order valence-electron chi connectivity index (χ1n) is 5.60. The summed E-state index contributed by atoms with van der Waals surface area (Å²) in [5, 5.41) is 12.8. The van der Waals surface area contributed by atoms with E-state index in [-0.39, 0.29) is 16.1 Å². The summed E-state index contributed by atoms with van der Waals surface area (Å²) >= 11 is 4.66. The standard InChI is InChI=1S/C13H11BrFN3S/c1-7-6-17-13(19-7)8(2)18-10-4-3-9(5-16)11(14)12(10)15/h3-4,6,8,18H,1-2H3. The van der Waals surface area contributed by atoms with E-state index < -0.39 is 5.82 Å². The Kier molecular flexibility index (Phi) is 4.17. The van der Waals surface area contributed by atoms with Crippen LogP contribution in [0.1, 0.15) is 28.4 Å². The molecule has 98 valence electrons. The predicted molar refractivity (Wildman–Crippen MR) is 77.7 cm³/mol. The van der Waals surface area contributed by atoms with Gasteiger partial charge in [-0.3, -0.25) is 0 Å². The molecule has 1 aromatic heterocycles. The normalized spacial score (nSPS) is 11.9. The number of nitrogens with one attached hydrogen (secondary N) is 1. The van der Waals surface area contributed by atoms with E-state index in [1.807, 2.05) is 19.9 Å². The summed E-state index contributed by atoms with van der Waals surface area (Å²) in [5.41, 5.74) is 0.632. The minimum absolute atomic E-state index is 0.0898. The van der Waals surface area contributed by atoms with Crippen LogP contribution in [0, 0.1) is 24.1 Å². The fourth-order valence-electron chi connectivity index (χ4n) is 1.61. The molecule has 0 bridgehead atoms. The number of benzene rings is 1. The zero-order valence-electron chi connectivity index (χ0n) is 10.4. The number of rotatable bonds is 3. The van der Waals surface area contributed by atoms with E-state index in [1.54, 1.807) is 29.7 Å². The van der Waals surface area contributed by atoms with Gasteiger partial charge in [0.25, 0.3) is 0 Å². The summed E-state index contributed by atoms with van der Waals surface area (Å²) in [5.74, 6) is -0.459. The van der Waals surface area contributed by atoms with E-state index in [4.69, 9.17) is 5.26 Å². The Morgan fingerprint density at radius 3 is 2.84 bits per heavy atom. The van der Waals surface area contributed by atoms with Crippen LogP contribution < -0.4 is 5.32 Å². The second-order valence-electron chi connectivity index (χ2n) is 4.08. The molecule has 0 aliphatic rings. The van der Waals surface area contributed by atoms with Gasteiger partial charge in [-0.1, -0.05) is 0 Å². The van der Waals surface area contributed by atoms with Crippen LogP contribution >= 0.6 is 27.3 Å². The van der Waals surface area contributed by atoms with Crippen LogP contribution in [0.15, 0.2) is 22.8 Å². The van der Waals surface area contributed by atoms with Crippen molar-refractivity contribution >= 4 is 33.0 Å². The molecule has 0 aliphatic heterocycles. The van der Waals surface area contributed by atoms with Crippen LogP contribution in [-0.2, 0) is 0 Å². The van der Waals surface area contributed by atoms with Crippen molar-refractivity contribution < 1.29 is 4.39 Å². The highest BCUT2D eigenvalue weighted by Crippen LogP contribution is 2.30. The van der Waals surface area contributed by atoms with Crippen LogP contribution in [0.4, 0.5) is 10.1 Å². The van der Waals surface area contributed by atoms with Crippen molar-refractivity contribution in [1.29, 1.82) is 5.26 Å². The molecule has 19 heavy (non-hydrogen) atoms. The highest BCUT2D eigenvalue weighted by molar-refractivity contribution is 9.10. The zero-order valence-corrected chi connectivity index (χ0v) is 12.8. The Morgan fingerprint density at radius 2 is 2.26 bits per heavy atom. The second kappa shape index (κ2) is 5.68. The van der Waals surface area contributed by atoms with Crippen molar-refractivity contribution in [3.8, 4) is 6.07 Å². The molecule has 2 aromatic rings. The number of nitrogens with zero attached hydrogens (tertiary/aromatic N) is 2. The lowest BCUT2D eigenvalue weighted by Crippen LogP contribution is -2.08. The van der Waals surface area contributed by atoms with Gasteiger partial charge in [0.05, 0.1) is 21.8 Å². The SMILES string of the molecule is Cc1cnc(C(C)Nc2ccc(C#N)c(Br)c2F)s1. The summed E-state index contributed by atoms with van der Waals surface area (Å²) in [6.07, 6.45) is 1.79. The monoisotopic (exact) mass is 339 g/mol. The van der Waals surface area contributed by atoms with Crippen molar-refractivity contribution in [3.05, 3.63) is 44.1 Å². The molecule has 0 saturated heterocycles. The number of aryl methyl sites for hydroxylation is 1. The largest absolute Gasteiger partial charge is 0.374 e. The third-order valence-electron chi connectivity index (χ3n) is 2.58. The minimum atomic E-state index is -0.459. The predicted octanol–water partition coefficient (Wildman–Crippen LogP) is 4.40. The van der Waals surface area contributed by atoms with Gasteiger partial charge in [0.15, 0.2) is 5.82 Å². The third-order valence-corrected chi connectivity index (χ3v) is 4.46. The first-order valence-corrected chi connectivity index (χ1v) is 7.21. The fourth-order valence-corrected chi connectivity index (χ4v) is 2.83. The van der Waals surface area contributed by atoms with E-state index in [9.17, 15) is 4.39 Å². The van der Waals surface area contributed by atoms with Gasteiger partial charge < -0.3 is 5.32 Å². The third kappa shape index (κ3) is 2.94. The van der Waals surface area contributed by atoms with Gasteiger partial charge in [-0.05, 0) is 41.9 Å². The van der Waals surface area contributed by atoms with Crippen LogP contribution in [0.2, 0.25) is 0 Å². The molecule has 1 atom stereocenters. The molecular formula is C13H11BrFN3S. The average molecular weight is 340 g/mol. The highest BCUT2D eigenvalue weighted by Gasteiger charge is 2.15.